The van der Waals surface area contributed by atoms with Crippen molar-refractivity contribution in [2.75, 3.05) is 11.9 Å². The molecule has 0 fully saturated rings. The van der Waals surface area contributed by atoms with Gasteiger partial charge in [0.1, 0.15) is 11.2 Å². The number of nitrogens with one attached hydrogen (secondary N) is 1. The van der Waals surface area contributed by atoms with Gasteiger partial charge in [-0.15, -0.1) is 11.3 Å². The molecule has 102 valence electrons. The van der Waals surface area contributed by atoms with E-state index >= 15 is 0 Å². The summed E-state index contributed by atoms with van der Waals surface area (Å²) in [5.41, 5.74) is -0.397. The predicted octanol–water partition coefficient (Wildman–Crippen LogP) is 1.86. The van der Waals surface area contributed by atoms with Crippen LogP contribution in [0.2, 0.25) is 0 Å². The lowest BCUT2D eigenvalue weighted by Gasteiger charge is -2.17. The van der Waals surface area contributed by atoms with E-state index < -0.39 is 11.4 Å². The number of aromatic nitrogens is 3. The summed E-state index contributed by atoms with van der Waals surface area (Å²) in [7, 11) is 1.90. The first-order chi connectivity index (χ1) is 8.91. The molecule has 6 nitrogen and oxygen atoms in total. The van der Waals surface area contributed by atoms with Gasteiger partial charge in [0, 0.05) is 24.8 Å². The van der Waals surface area contributed by atoms with Crippen LogP contribution < -0.4 is 4.90 Å². The number of carboxylic acids is 1. The molecule has 2 aromatic heterocycles. The van der Waals surface area contributed by atoms with Gasteiger partial charge in [-0.1, -0.05) is 0 Å². The number of hydrogen-bond acceptors (Lipinski definition) is 5. The maximum atomic E-state index is 11.2. The third-order valence-electron chi connectivity index (χ3n) is 2.94. The lowest BCUT2D eigenvalue weighted by atomic mass is 9.90. The number of anilines is 1. The number of aliphatic carboxylic acids is 1. The monoisotopic (exact) mass is 280 g/mol. The van der Waals surface area contributed by atoms with Crippen molar-refractivity contribution in [3.8, 4) is 0 Å². The lowest BCUT2D eigenvalue weighted by Crippen LogP contribution is -2.29. The van der Waals surface area contributed by atoms with E-state index in [2.05, 4.69) is 15.0 Å². The molecule has 0 aromatic carbocycles. The van der Waals surface area contributed by atoms with Crippen molar-refractivity contribution in [1.82, 2.24) is 15.0 Å². The summed E-state index contributed by atoms with van der Waals surface area (Å²) in [6, 6.07) is 0. The highest BCUT2D eigenvalue weighted by atomic mass is 32.1. The van der Waals surface area contributed by atoms with Crippen molar-refractivity contribution in [3.05, 3.63) is 29.3 Å². The normalized spacial score (nSPS) is 11.5. The van der Waals surface area contributed by atoms with Gasteiger partial charge < -0.3 is 15.0 Å². The van der Waals surface area contributed by atoms with Gasteiger partial charge in [-0.05, 0) is 13.8 Å². The second-order valence-electron chi connectivity index (χ2n) is 4.84. The van der Waals surface area contributed by atoms with E-state index in [1.165, 1.54) is 11.3 Å². The van der Waals surface area contributed by atoms with Crippen LogP contribution in [0.1, 0.15) is 25.4 Å². The summed E-state index contributed by atoms with van der Waals surface area (Å²) in [5, 5.41) is 11.8. The van der Waals surface area contributed by atoms with Gasteiger partial charge in [-0.25, -0.2) is 9.97 Å². The molecule has 2 rings (SSSR count). The third kappa shape index (κ3) is 2.76. The minimum absolute atomic E-state index is 0.575. The molecule has 0 saturated heterocycles. The van der Waals surface area contributed by atoms with Crippen molar-refractivity contribution in [2.45, 2.75) is 25.8 Å². The van der Waals surface area contributed by atoms with E-state index in [1.807, 2.05) is 11.9 Å². The van der Waals surface area contributed by atoms with E-state index in [9.17, 15) is 9.90 Å². The zero-order chi connectivity index (χ0) is 14.0. The Kier molecular flexibility index (Phi) is 3.57. The Bertz CT molecular complexity index is 562. The summed E-state index contributed by atoms with van der Waals surface area (Å²) in [5.74, 6) is -0.0326. The molecule has 0 aliphatic carbocycles. The molecule has 0 spiro atoms. The summed E-state index contributed by atoms with van der Waals surface area (Å²) in [6.07, 6.45) is 3.47. The van der Waals surface area contributed by atoms with Crippen LogP contribution in [-0.2, 0) is 16.8 Å². The molecule has 0 bridgehead atoms. The minimum atomic E-state index is -0.972. The summed E-state index contributed by atoms with van der Waals surface area (Å²) in [6.45, 7) is 3.91. The Hall–Kier alpha value is -1.89. The molecule has 0 saturated carbocycles. The van der Waals surface area contributed by atoms with Gasteiger partial charge >= 0.3 is 5.97 Å². The van der Waals surface area contributed by atoms with Crippen LogP contribution >= 0.6 is 11.3 Å². The van der Waals surface area contributed by atoms with Crippen LogP contribution in [0.3, 0.4) is 0 Å². The number of thiazole rings is 1. The predicted molar refractivity (Wildman–Crippen MR) is 73.5 cm³/mol. The van der Waals surface area contributed by atoms with Crippen LogP contribution in [0.25, 0.3) is 0 Å². The number of aromatic amines is 1. The number of H-pyrrole nitrogens is 1. The van der Waals surface area contributed by atoms with Gasteiger partial charge in [-0.3, -0.25) is 4.79 Å². The maximum absolute atomic E-state index is 11.2. The first-order valence-electron chi connectivity index (χ1n) is 5.80. The van der Waals surface area contributed by atoms with Gasteiger partial charge in [0.2, 0.25) is 0 Å². The second kappa shape index (κ2) is 5.00. The lowest BCUT2D eigenvalue weighted by molar-refractivity contribution is -0.142. The largest absolute Gasteiger partial charge is 0.481 e. The fourth-order valence-electron chi connectivity index (χ4n) is 1.51. The van der Waals surface area contributed by atoms with Crippen molar-refractivity contribution < 1.29 is 9.90 Å². The van der Waals surface area contributed by atoms with Gasteiger partial charge in [0.25, 0.3) is 0 Å². The molecule has 2 aromatic rings. The highest BCUT2D eigenvalue weighted by Gasteiger charge is 2.32. The fourth-order valence-corrected chi connectivity index (χ4v) is 2.47. The van der Waals surface area contributed by atoms with Crippen LogP contribution in [0.15, 0.2) is 17.8 Å². The number of carboxylic acid groups (broad SMARTS) is 1. The molecule has 0 amide bonds. The number of carbonyl (C=O) groups is 1. The number of hydrogen-bond donors (Lipinski definition) is 2. The maximum Gasteiger partial charge on any atom is 0.315 e. The molecule has 0 aliphatic heterocycles. The van der Waals surface area contributed by atoms with E-state index in [0.29, 0.717) is 12.2 Å². The van der Waals surface area contributed by atoms with Gasteiger partial charge in [-0.2, -0.15) is 0 Å². The van der Waals surface area contributed by atoms with Crippen molar-refractivity contribution in [2.24, 2.45) is 0 Å². The van der Waals surface area contributed by atoms with E-state index in [0.717, 1.165) is 11.0 Å². The molecule has 19 heavy (non-hydrogen) atoms. The van der Waals surface area contributed by atoms with Crippen molar-refractivity contribution in [1.29, 1.82) is 0 Å². The summed E-state index contributed by atoms with van der Waals surface area (Å²) < 4.78 is 0. The average Bonchev–Trinajstić information content (AvgIpc) is 2.98. The number of nitrogens with zero attached hydrogens (tertiary/aromatic N) is 3. The van der Waals surface area contributed by atoms with Crippen LogP contribution in [0.5, 0.6) is 0 Å². The smallest absolute Gasteiger partial charge is 0.315 e. The standard InChI is InChI=1S/C12H16N4O2S/c1-12(2,10(17)18)8-7-19-11(15-8)16(3)6-9-13-4-5-14-9/h4-5,7H,6H2,1-3H3,(H,13,14)(H,17,18). The first kappa shape index (κ1) is 13.5. The highest BCUT2D eigenvalue weighted by molar-refractivity contribution is 7.13. The molecule has 0 aliphatic rings. The van der Waals surface area contributed by atoms with E-state index in [4.69, 9.17) is 0 Å². The molecule has 2 heterocycles. The zero-order valence-electron chi connectivity index (χ0n) is 11.0. The summed E-state index contributed by atoms with van der Waals surface area (Å²) >= 11 is 1.43. The Morgan fingerprint density at radius 2 is 2.32 bits per heavy atom. The van der Waals surface area contributed by atoms with E-state index in [1.54, 1.807) is 31.6 Å². The minimum Gasteiger partial charge on any atom is -0.481 e. The Morgan fingerprint density at radius 3 is 2.89 bits per heavy atom. The Morgan fingerprint density at radius 1 is 1.58 bits per heavy atom. The molecular formula is C12H16N4O2S. The van der Waals surface area contributed by atoms with Crippen molar-refractivity contribution >= 4 is 22.4 Å². The number of rotatable bonds is 5. The second-order valence-corrected chi connectivity index (χ2v) is 5.67. The zero-order valence-corrected chi connectivity index (χ0v) is 11.9. The molecule has 0 atom stereocenters. The van der Waals surface area contributed by atoms with Crippen LogP contribution in [0.4, 0.5) is 5.13 Å². The number of imidazole rings is 1. The Balaban J connectivity index is 2.15. The fraction of sp³-hybridized carbons (Fsp3) is 0.417. The van der Waals surface area contributed by atoms with Gasteiger partial charge in [0.05, 0.1) is 12.2 Å². The molecule has 7 heteroatoms. The molecule has 0 unspecified atom stereocenters. The van der Waals surface area contributed by atoms with Crippen LogP contribution in [-0.4, -0.2) is 33.1 Å². The molecular weight excluding hydrogens is 264 g/mol. The Labute approximate surface area is 115 Å². The quantitative estimate of drug-likeness (QED) is 0.873. The van der Waals surface area contributed by atoms with E-state index in [-0.39, 0.29) is 0 Å². The van der Waals surface area contributed by atoms with Gasteiger partial charge in [0.15, 0.2) is 5.13 Å². The molecule has 2 N–H and O–H groups in total. The first-order valence-corrected chi connectivity index (χ1v) is 6.68. The molecule has 0 radical (unpaired) electrons. The average molecular weight is 280 g/mol. The topological polar surface area (TPSA) is 82.1 Å². The highest BCUT2D eigenvalue weighted by Crippen LogP contribution is 2.29. The van der Waals surface area contributed by atoms with Crippen LogP contribution in [0, 0.1) is 0 Å². The summed E-state index contributed by atoms with van der Waals surface area (Å²) in [4.78, 5) is 24.7. The van der Waals surface area contributed by atoms with Crippen molar-refractivity contribution in [3.63, 3.8) is 0 Å². The SMILES string of the molecule is CN(Cc1ncc[nH]1)c1nc(C(C)(C)C(=O)O)cs1. The third-order valence-corrected chi connectivity index (χ3v) is 3.89.